The lowest BCUT2D eigenvalue weighted by atomic mass is 9.71. The van der Waals surface area contributed by atoms with Crippen molar-refractivity contribution in [2.24, 2.45) is 0 Å². The lowest BCUT2D eigenvalue weighted by Gasteiger charge is -2.32. The summed E-state index contributed by atoms with van der Waals surface area (Å²) in [6.45, 7) is 3.20. The van der Waals surface area contributed by atoms with Gasteiger partial charge >= 0.3 is 0 Å². The molecule has 0 radical (unpaired) electrons. The summed E-state index contributed by atoms with van der Waals surface area (Å²) >= 11 is 0. The Hall–Kier alpha value is -3.47. The monoisotopic (exact) mass is 403 g/mol. The number of nitrogens with zero attached hydrogens (tertiary/aromatic N) is 1. The average Bonchev–Trinajstić information content (AvgIpc) is 3.15. The molecule has 0 aliphatic heterocycles. The van der Waals surface area contributed by atoms with Gasteiger partial charge < -0.3 is 20.5 Å². The Morgan fingerprint density at radius 3 is 2.60 bits per heavy atom. The number of carbonyl (C=O) groups excluding carboxylic acids is 2. The number of hydrogen-bond acceptors (Lipinski definition) is 5. The van der Waals surface area contributed by atoms with Crippen molar-refractivity contribution in [1.29, 1.82) is 5.26 Å². The van der Waals surface area contributed by atoms with Crippen molar-refractivity contribution in [1.82, 2.24) is 10.3 Å². The number of H-pyrrole nitrogens is 1. The van der Waals surface area contributed by atoms with E-state index in [-0.39, 0.29) is 19.0 Å². The molecule has 3 aromatic rings. The van der Waals surface area contributed by atoms with E-state index in [1.165, 1.54) is 0 Å². The minimum absolute atomic E-state index is 0.133. The SMILES string of the molecule is CC1(C)c2cc(C(=O)NC(CO)CO)ccc2C(=O)c2c1[nH]c1cc(C#N)ccc21. The quantitative estimate of drug-likeness (QED) is 0.530. The lowest BCUT2D eigenvalue weighted by Crippen LogP contribution is -2.40. The van der Waals surface area contributed by atoms with Gasteiger partial charge in [0.05, 0.1) is 36.5 Å². The predicted molar refractivity (Wildman–Crippen MR) is 110 cm³/mol. The number of ketones is 1. The van der Waals surface area contributed by atoms with Crippen molar-refractivity contribution < 1.29 is 19.8 Å². The number of benzene rings is 2. The van der Waals surface area contributed by atoms with Crippen LogP contribution in [-0.2, 0) is 5.41 Å². The first-order chi connectivity index (χ1) is 14.3. The van der Waals surface area contributed by atoms with E-state index >= 15 is 0 Å². The van der Waals surface area contributed by atoms with Crippen molar-refractivity contribution in [3.8, 4) is 6.07 Å². The Kier molecular flexibility index (Phi) is 4.69. The van der Waals surface area contributed by atoms with Crippen LogP contribution in [0.1, 0.15) is 56.9 Å². The molecule has 4 N–H and O–H groups in total. The van der Waals surface area contributed by atoms with Gasteiger partial charge in [0.2, 0.25) is 0 Å². The van der Waals surface area contributed by atoms with Crippen LogP contribution in [0.25, 0.3) is 10.9 Å². The van der Waals surface area contributed by atoms with Crippen LogP contribution in [0.4, 0.5) is 0 Å². The summed E-state index contributed by atoms with van der Waals surface area (Å²) in [4.78, 5) is 29.2. The van der Waals surface area contributed by atoms with Crippen molar-refractivity contribution >= 4 is 22.6 Å². The highest BCUT2D eigenvalue weighted by atomic mass is 16.3. The summed E-state index contributed by atoms with van der Waals surface area (Å²) in [6, 6.07) is 11.5. The number of hydrogen-bond donors (Lipinski definition) is 4. The van der Waals surface area contributed by atoms with E-state index in [1.807, 2.05) is 13.8 Å². The fraction of sp³-hybridized carbons (Fsp3) is 0.261. The van der Waals surface area contributed by atoms with E-state index in [4.69, 9.17) is 0 Å². The molecule has 0 saturated heterocycles. The minimum Gasteiger partial charge on any atom is -0.394 e. The van der Waals surface area contributed by atoms with Crippen molar-refractivity contribution in [3.63, 3.8) is 0 Å². The normalized spacial score (nSPS) is 14.3. The topological polar surface area (TPSA) is 126 Å². The number of nitriles is 1. The number of aromatic nitrogens is 1. The fourth-order valence-corrected chi connectivity index (χ4v) is 4.06. The summed E-state index contributed by atoms with van der Waals surface area (Å²) in [7, 11) is 0. The molecule has 152 valence electrons. The highest BCUT2D eigenvalue weighted by Crippen LogP contribution is 2.43. The van der Waals surface area contributed by atoms with Gasteiger partial charge in [-0.15, -0.1) is 0 Å². The standard InChI is InChI=1S/C23H21N3O4/c1-23(2)17-8-13(22(30)25-14(10-27)11-28)4-6-15(17)20(29)19-16-5-3-12(9-24)7-18(16)26-21(19)23/h3-8,14,26-28H,10-11H2,1-2H3,(H,25,30). The van der Waals surface area contributed by atoms with E-state index in [0.717, 1.165) is 16.6 Å². The van der Waals surface area contributed by atoms with Gasteiger partial charge in [-0.2, -0.15) is 5.26 Å². The molecule has 1 heterocycles. The van der Waals surface area contributed by atoms with Crippen LogP contribution >= 0.6 is 0 Å². The van der Waals surface area contributed by atoms with Gasteiger partial charge in [0, 0.05) is 33.1 Å². The maximum absolute atomic E-state index is 13.3. The number of rotatable bonds is 4. The zero-order valence-corrected chi connectivity index (χ0v) is 16.6. The number of nitrogens with one attached hydrogen (secondary N) is 2. The van der Waals surface area contributed by atoms with E-state index in [0.29, 0.717) is 27.8 Å². The minimum atomic E-state index is -0.752. The molecule has 0 atom stereocenters. The number of aliphatic hydroxyl groups excluding tert-OH is 2. The molecule has 2 aromatic carbocycles. The molecule has 0 bridgehead atoms. The second-order valence-corrected chi connectivity index (χ2v) is 8.00. The number of aromatic amines is 1. The molecule has 7 heteroatoms. The van der Waals surface area contributed by atoms with E-state index in [2.05, 4.69) is 16.4 Å². The van der Waals surface area contributed by atoms with Crippen LogP contribution < -0.4 is 5.32 Å². The van der Waals surface area contributed by atoms with E-state index in [1.54, 1.807) is 36.4 Å². The summed E-state index contributed by atoms with van der Waals surface area (Å²) in [5, 5.41) is 30.9. The van der Waals surface area contributed by atoms with E-state index < -0.39 is 17.4 Å². The first kappa shape index (κ1) is 19.8. The van der Waals surface area contributed by atoms with Crippen LogP contribution in [0.2, 0.25) is 0 Å². The van der Waals surface area contributed by atoms with E-state index in [9.17, 15) is 25.1 Å². The van der Waals surface area contributed by atoms with Crippen LogP contribution in [0.3, 0.4) is 0 Å². The summed E-state index contributed by atoms with van der Waals surface area (Å²) < 4.78 is 0. The summed E-state index contributed by atoms with van der Waals surface area (Å²) in [5.41, 5.74) is 3.54. The molecule has 1 aliphatic rings. The maximum Gasteiger partial charge on any atom is 0.251 e. The predicted octanol–water partition coefficient (Wildman–Crippen LogP) is 1.99. The molecule has 4 rings (SSSR count). The first-order valence-electron chi connectivity index (χ1n) is 9.60. The highest BCUT2D eigenvalue weighted by molar-refractivity contribution is 6.20. The number of carbonyl (C=O) groups is 2. The van der Waals surface area contributed by atoms with Gasteiger partial charge in [-0.25, -0.2) is 0 Å². The molecule has 1 aromatic heterocycles. The van der Waals surface area contributed by atoms with Crippen molar-refractivity contribution in [2.45, 2.75) is 25.3 Å². The van der Waals surface area contributed by atoms with Gasteiger partial charge in [0.1, 0.15) is 0 Å². The zero-order chi connectivity index (χ0) is 21.6. The molecule has 1 amide bonds. The fourth-order valence-electron chi connectivity index (χ4n) is 4.06. The third-order valence-corrected chi connectivity index (χ3v) is 5.76. The van der Waals surface area contributed by atoms with Gasteiger partial charge in [-0.1, -0.05) is 19.9 Å². The first-order valence-corrected chi connectivity index (χ1v) is 9.60. The van der Waals surface area contributed by atoms with Crippen LogP contribution in [-0.4, -0.2) is 46.1 Å². The van der Waals surface area contributed by atoms with Crippen molar-refractivity contribution in [3.05, 3.63) is 69.9 Å². The third-order valence-electron chi connectivity index (χ3n) is 5.76. The molecule has 7 nitrogen and oxygen atoms in total. The van der Waals surface area contributed by atoms with Crippen LogP contribution in [0.15, 0.2) is 36.4 Å². The molecular weight excluding hydrogens is 382 g/mol. The second kappa shape index (κ2) is 7.10. The zero-order valence-electron chi connectivity index (χ0n) is 16.6. The van der Waals surface area contributed by atoms with Gasteiger partial charge in [0.25, 0.3) is 5.91 Å². The lowest BCUT2D eigenvalue weighted by molar-refractivity contribution is 0.0878. The average molecular weight is 403 g/mol. The van der Waals surface area contributed by atoms with Gasteiger partial charge in [0.15, 0.2) is 5.78 Å². The molecule has 0 spiro atoms. The highest BCUT2D eigenvalue weighted by Gasteiger charge is 2.40. The molecule has 1 aliphatic carbocycles. The maximum atomic E-state index is 13.3. The van der Waals surface area contributed by atoms with Crippen molar-refractivity contribution in [2.75, 3.05) is 13.2 Å². The van der Waals surface area contributed by atoms with Crippen LogP contribution in [0, 0.1) is 11.3 Å². The second-order valence-electron chi connectivity index (χ2n) is 8.00. The number of aliphatic hydroxyl groups is 2. The Balaban J connectivity index is 1.83. The van der Waals surface area contributed by atoms with Gasteiger partial charge in [-0.05, 0) is 35.9 Å². The molecule has 30 heavy (non-hydrogen) atoms. The smallest absolute Gasteiger partial charge is 0.251 e. The number of amides is 1. The Bertz CT molecular complexity index is 1230. The largest absolute Gasteiger partial charge is 0.394 e. The number of fused-ring (bicyclic) bond motifs is 4. The van der Waals surface area contributed by atoms with Crippen LogP contribution in [0.5, 0.6) is 0 Å². The Morgan fingerprint density at radius 2 is 1.93 bits per heavy atom. The summed E-state index contributed by atoms with van der Waals surface area (Å²) in [6.07, 6.45) is 0. The molecule has 0 unspecified atom stereocenters. The molecular formula is C23H21N3O4. The molecule has 0 saturated carbocycles. The Morgan fingerprint density at radius 1 is 1.20 bits per heavy atom. The van der Waals surface area contributed by atoms with Gasteiger partial charge in [-0.3, -0.25) is 9.59 Å². The summed E-state index contributed by atoms with van der Waals surface area (Å²) in [5.74, 6) is -0.568. The Labute approximate surface area is 173 Å². The molecule has 0 fully saturated rings. The third kappa shape index (κ3) is 2.89.